The number of H-pyrrole nitrogens is 1. The van der Waals surface area contributed by atoms with Gasteiger partial charge in [0.2, 0.25) is 0 Å². The van der Waals surface area contributed by atoms with E-state index in [-0.39, 0.29) is 23.1 Å². The number of aromatic amines is 1. The molecule has 1 unspecified atom stereocenters. The number of para-hydroxylation sites is 1. The van der Waals surface area contributed by atoms with Gasteiger partial charge in [-0.15, -0.1) is 0 Å². The number of hydrogen-bond acceptors (Lipinski definition) is 3. The fourth-order valence-corrected chi connectivity index (χ4v) is 4.32. The molecular formula is C21H26N2O3. The van der Waals surface area contributed by atoms with Crippen molar-refractivity contribution in [3.8, 4) is 0 Å². The first-order chi connectivity index (χ1) is 12.7. The number of rotatable bonds is 3. The number of nitrogens with zero attached hydrogens (tertiary/aromatic N) is 1. The van der Waals surface area contributed by atoms with Crippen LogP contribution in [0.25, 0.3) is 10.9 Å². The van der Waals surface area contributed by atoms with Gasteiger partial charge in [-0.25, -0.2) is 0 Å². The van der Waals surface area contributed by atoms with Crippen molar-refractivity contribution in [2.45, 2.75) is 44.6 Å². The lowest BCUT2D eigenvalue weighted by Gasteiger charge is -2.35. The summed E-state index contributed by atoms with van der Waals surface area (Å²) in [6.45, 7) is 1.68. The van der Waals surface area contributed by atoms with Gasteiger partial charge in [0.25, 0.3) is 11.5 Å². The van der Waals surface area contributed by atoms with Gasteiger partial charge in [-0.1, -0.05) is 50.3 Å². The normalized spacial score (nSPS) is 21.8. The topological polar surface area (TPSA) is 62.4 Å². The molecule has 1 N–H and O–H groups in total. The van der Waals surface area contributed by atoms with Crippen LogP contribution in [0.1, 0.15) is 48.9 Å². The molecule has 1 aliphatic carbocycles. The molecule has 0 radical (unpaired) electrons. The highest BCUT2D eigenvalue weighted by Crippen LogP contribution is 2.29. The van der Waals surface area contributed by atoms with Crippen molar-refractivity contribution in [3.05, 3.63) is 46.2 Å². The van der Waals surface area contributed by atoms with E-state index in [1.807, 2.05) is 24.3 Å². The molecule has 1 amide bonds. The Balaban J connectivity index is 1.48. The van der Waals surface area contributed by atoms with Gasteiger partial charge in [-0.2, -0.15) is 0 Å². The molecule has 1 aliphatic heterocycles. The van der Waals surface area contributed by atoms with E-state index in [9.17, 15) is 9.59 Å². The maximum absolute atomic E-state index is 13.0. The van der Waals surface area contributed by atoms with Crippen molar-refractivity contribution < 1.29 is 9.53 Å². The second kappa shape index (κ2) is 7.62. The molecule has 0 bridgehead atoms. The third kappa shape index (κ3) is 3.68. The minimum absolute atomic E-state index is 0.0929. The van der Waals surface area contributed by atoms with E-state index in [0.717, 1.165) is 17.3 Å². The van der Waals surface area contributed by atoms with Gasteiger partial charge in [0.1, 0.15) is 5.56 Å². The highest BCUT2D eigenvalue weighted by atomic mass is 16.5. The number of nitrogens with one attached hydrogen (secondary N) is 1. The Morgan fingerprint density at radius 3 is 2.85 bits per heavy atom. The second-order valence-corrected chi connectivity index (χ2v) is 7.58. The minimum Gasteiger partial charge on any atom is -0.375 e. The zero-order valence-corrected chi connectivity index (χ0v) is 15.1. The van der Waals surface area contributed by atoms with Crippen molar-refractivity contribution in [2.24, 2.45) is 5.92 Å². The average molecular weight is 354 g/mol. The van der Waals surface area contributed by atoms with Crippen molar-refractivity contribution >= 4 is 16.8 Å². The molecule has 4 rings (SSSR count). The first-order valence-electron chi connectivity index (χ1n) is 9.73. The van der Waals surface area contributed by atoms with Crippen molar-refractivity contribution in [2.75, 3.05) is 19.7 Å². The SMILES string of the molecule is O=C(c1cc2ccccc2[nH]c1=O)N1CCOC(CC2CCCCC2)C1. The summed E-state index contributed by atoms with van der Waals surface area (Å²) in [4.78, 5) is 29.9. The maximum Gasteiger partial charge on any atom is 0.261 e. The highest BCUT2D eigenvalue weighted by Gasteiger charge is 2.28. The van der Waals surface area contributed by atoms with Gasteiger partial charge >= 0.3 is 0 Å². The molecule has 1 saturated carbocycles. The Bertz CT molecular complexity index is 839. The number of amides is 1. The predicted molar refractivity (Wildman–Crippen MR) is 101 cm³/mol. The van der Waals surface area contributed by atoms with E-state index in [1.165, 1.54) is 32.1 Å². The molecule has 2 fully saturated rings. The maximum atomic E-state index is 13.0. The Morgan fingerprint density at radius 2 is 2.00 bits per heavy atom. The van der Waals surface area contributed by atoms with E-state index in [2.05, 4.69) is 4.98 Å². The number of morpholine rings is 1. The van der Waals surface area contributed by atoms with Gasteiger partial charge in [0.05, 0.1) is 12.7 Å². The number of aromatic nitrogens is 1. The molecular weight excluding hydrogens is 328 g/mol. The fourth-order valence-electron chi connectivity index (χ4n) is 4.32. The number of carbonyl (C=O) groups is 1. The Kier molecular flexibility index (Phi) is 5.07. The van der Waals surface area contributed by atoms with Crippen LogP contribution in [0.3, 0.4) is 0 Å². The van der Waals surface area contributed by atoms with Crippen LogP contribution in [-0.2, 0) is 4.74 Å². The summed E-state index contributed by atoms with van der Waals surface area (Å²) < 4.78 is 5.92. The summed E-state index contributed by atoms with van der Waals surface area (Å²) in [5, 5.41) is 0.877. The van der Waals surface area contributed by atoms with Crippen molar-refractivity contribution in [3.63, 3.8) is 0 Å². The molecule has 1 aromatic heterocycles. The molecule has 0 spiro atoms. The molecule has 26 heavy (non-hydrogen) atoms. The third-order valence-electron chi connectivity index (χ3n) is 5.73. The predicted octanol–water partition coefficient (Wildman–Crippen LogP) is 3.34. The zero-order valence-electron chi connectivity index (χ0n) is 15.1. The fraction of sp³-hybridized carbons (Fsp3) is 0.524. The van der Waals surface area contributed by atoms with Crippen LogP contribution >= 0.6 is 0 Å². The first kappa shape index (κ1) is 17.3. The molecule has 1 atom stereocenters. The first-order valence-corrected chi connectivity index (χ1v) is 9.73. The van der Waals surface area contributed by atoms with Crippen LogP contribution in [0.2, 0.25) is 0 Å². The van der Waals surface area contributed by atoms with Crippen molar-refractivity contribution in [1.29, 1.82) is 0 Å². The molecule has 2 aromatic rings. The molecule has 2 heterocycles. The minimum atomic E-state index is -0.316. The number of hydrogen-bond donors (Lipinski definition) is 1. The average Bonchev–Trinajstić information content (AvgIpc) is 2.68. The third-order valence-corrected chi connectivity index (χ3v) is 5.73. The number of ether oxygens (including phenoxy) is 1. The van der Waals surface area contributed by atoms with Crippen LogP contribution in [0.5, 0.6) is 0 Å². The van der Waals surface area contributed by atoms with E-state index in [1.54, 1.807) is 11.0 Å². The summed E-state index contributed by atoms with van der Waals surface area (Å²) in [5.41, 5.74) is 0.664. The van der Waals surface area contributed by atoms with Crippen LogP contribution in [0, 0.1) is 5.92 Å². The standard InChI is InChI=1S/C21H26N2O3/c24-20-18(13-16-8-4-5-9-19(16)22-20)21(25)23-10-11-26-17(14-23)12-15-6-2-1-3-7-15/h4-5,8-9,13,15,17H,1-3,6-7,10-12,14H2,(H,22,24). The molecule has 5 heteroatoms. The van der Waals surface area contributed by atoms with Gasteiger partial charge in [-0.3, -0.25) is 9.59 Å². The van der Waals surface area contributed by atoms with Crippen LogP contribution < -0.4 is 5.56 Å². The van der Waals surface area contributed by atoms with E-state index in [4.69, 9.17) is 4.74 Å². The van der Waals surface area contributed by atoms with Crippen LogP contribution in [0.4, 0.5) is 0 Å². The van der Waals surface area contributed by atoms with Crippen LogP contribution in [0.15, 0.2) is 35.1 Å². The van der Waals surface area contributed by atoms with Crippen LogP contribution in [-0.4, -0.2) is 41.6 Å². The molecule has 2 aliphatic rings. The largest absolute Gasteiger partial charge is 0.375 e. The summed E-state index contributed by atoms with van der Waals surface area (Å²) in [6.07, 6.45) is 7.64. The van der Waals surface area contributed by atoms with Gasteiger partial charge in [0.15, 0.2) is 0 Å². The lowest BCUT2D eigenvalue weighted by molar-refractivity contribution is -0.0337. The zero-order chi connectivity index (χ0) is 17.9. The molecule has 5 nitrogen and oxygen atoms in total. The summed E-state index contributed by atoms with van der Waals surface area (Å²) in [5.74, 6) is 0.529. The number of pyridine rings is 1. The summed E-state index contributed by atoms with van der Waals surface area (Å²) in [7, 11) is 0. The van der Waals surface area contributed by atoms with Gasteiger partial charge in [-0.05, 0) is 29.9 Å². The second-order valence-electron chi connectivity index (χ2n) is 7.58. The summed E-state index contributed by atoms with van der Waals surface area (Å²) in [6, 6.07) is 9.25. The smallest absolute Gasteiger partial charge is 0.261 e. The summed E-state index contributed by atoms with van der Waals surface area (Å²) >= 11 is 0. The van der Waals surface area contributed by atoms with E-state index in [0.29, 0.717) is 25.6 Å². The lowest BCUT2D eigenvalue weighted by atomic mass is 9.85. The van der Waals surface area contributed by atoms with E-state index < -0.39 is 0 Å². The quantitative estimate of drug-likeness (QED) is 0.919. The molecule has 138 valence electrons. The van der Waals surface area contributed by atoms with Gasteiger partial charge in [0, 0.05) is 18.6 Å². The molecule has 1 saturated heterocycles. The number of benzene rings is 1. The Morgan fingerprint density at radius 1 is 1.19 bits per heavy atom. The highest BCUT2D eigenvalue weighted by molar-refractivity contribution is 5.97. The number of fused-ring (bicyclic) bond motifs is 1. The Labute approximate surface area is 153 Å². The van der Waals surface area contributed by atoms with Crippen molar-refractivity contribution in [1.82, 2.24) is 9.88 Å². The lowest BCUT2D eigenvalue weighted by Crippen LogP contribution is -2.47. The van der Waals surface area contributed by atoms with Gasteiger partial charge < -0.3 is 14.6 Å². The molecule has 1 aromatic carbocycles. The monoisotopic (exact) mass is 354 g/mol. The van der Waals surface area contributed by atoms with E-state index >= 15 is 0 Å². The number of carbonyl (C=O) groups excluding carboxylic acids is 1. The Hall–Kier alpha value is -2.14.